The normalized spacial score (nSPS) is 20.9. The Morgan fingerprint density at radius 3 is 2.64 bits per heavy atom. The predicted octanol–water partition coefficient (Wildman–Crippen LogP) is 2.57. The number of piperidine rings is 1. The van der Waals surface area contributed by atoms with E-state index in [9.17, 15) is 9.90 Å². The molecule has 5 heteroatoms. The van der Waals surface area contributed by atoms with E-state index in [-0.39, 0.29) is 18.6 Å². The maximum absolute atomic E-state index is 12.6. The minimum Gasteiger partial charge on any atom is -0.397 e. The van der Waals surface area contributed by atoms with Crippen molar-refractivity contribution in [2.75, 3.05) is 36.9 Å². The number of likely N-dealkylation sites (tertiary alicyclic amines) is 1. The average Bonchev–Trinajstić information content (AvgIpc) is 3.15. The topological polar surface area (TPSA) is 69.8 Å². The molecule has 0 saturated carbocycles. The van der Waals surface area contributed by atoms with Gasteiger partial charge in [0.1, 0.15) is 0 Å². The van der Waals surface area contributed by atoms with Crippen LogP contribution < -0.4 is 10.6 Å². The summed E-state index contributed by atoms with van der Waals surface area (Å²) in [5, 5.41) is 9.22. The van der Waals surface area contributed by atoms with Crippen LogP contribution >= 0.6 is 0 Å². The first-order valence-electron chi connectivity index (χ1n) is 9.72. The van der Waals surface area contributed by atoms with E-state index in [4.69, 9.17) is 5.73 Å². The van der Waals surface area contributed by atoms with E-state index >= 15 is 0 Å². The molecule has 2 fully saturated rings. The van der Waals surface area contributed by atoms with Crippen molar-refractivity contribution in [3.05, 3.63) is 23.8 Å². The third-order valence-corrected chi connectivity index (χ3v) is 5.58. The molecule has 1 amide bonds. The molecule has 3 rings (SSSR count). The summed E-state index contributed by atoms with van der Waals surface area (Å²) in [4.78, 5) is 17.0. The fourth-order valence-corrected chi connectivity index (χ4v) is 4.18. The Balaban J connectivity index is 1.57. The van der Waals surface area contributed by atoms with Gasteiger partial charge in [0.25, 0.3) is 0 Å². The summed E-state index contributed by atoms with van der Waals surface area (Å²) in [5.41, 5.74) is 9.33. The first kappa shape index (κ1) is 18.1. The van der Waals surface area contributed by atoms with E-state index in [1.807, 2.05) is 11.0 Å². The molecule has 0 radical (unpaired) electrons. The van der Waals surface area contributed by atoms with Crippen molar-refractivity contribution >= 4 is 17.3 Å². The van der Waals surface area contributed by atoms with E-state index in [0.29, 0.717) is 12.8 Å². The minimum absolute atomic E-state index is 0.156. The molecule has 2 aliphatic rings. The maximum atomic E-state index is 12.6. The van der Waals surface area contributed by atoms with Crippen LogP contribution in [0.1, 0.15) is 50.5 Å². The third-order valence-electron chi connectivity index (χ3n) is 5.58. The fourth-order valence-electron chi connectivity index (χ4n) is 4.18. The summed E-state index contributed by atoms with van der Waals surface area (Å²) in [6, 6.07) is 6.46. The molecule has 2 heterocycles. The third kappa shape index (κ3) is 4.46. The number of amides is 1. The summed E-state index contributed by atoms with van der Waals surface area (Å²) in [5.74, 6) is 0.209. The first-order valence-corrected chi connectivity index (χ1v) is 9.72. The van der Waals surface area contributed by atoms with Crippen molar-refractivity contribution in [3.63, 3.8) is 0 Å². The molecular formula is C20H31N3O2. The smallest absolute Gasteiger partial charge is 0.223 e. The second-order valence-corrected chi connectivity index (χ2v) is 7.34. The quantitative estimate of drug-likeness (QED) is 0.778. The van der Waals surface area contributed by atoms with Gasteiger partial charge in [0.15, 0.2) is 0 Å². The van der Waals surface area contributed by atoms with Crippen molar-refractivity contribution in [1.29, 1.82) is 0 Å². The largest absolute Gasteiger partial charge is 0.397 e. The number of aliphatic hydroxyl groups is 1. The maximum Gasteiger partial charge on any atom is 0.223 e. The van der Waals surface area contributed by atoms with E-state index < -0.39 is 0 Å². The molecule has 2 saturated heterocycles. The second kappa shape index (κ2) is 8.56. The van der Waals surface area contributed by atoms with Crippen LogP contribution in [0.25, 0.3) is 0 Å². The van der Waals surface area contributed by atoms with Gasteiger partial charge in [-0.2, -0.15) is 0 Å². The van der Waals surface area contributed by atoms with Crippen LogP contribution in [-0.2, 0) is 11.2 Å². The molecule has 3 N–H and O–H groups in total. The number of hydrogen-bond donors (Lipinski definition) is 2. The highest BCUT2D eigenvalue weighted by Crippen LogP contribution is 2.28. The van der Waals surface area contributed by atoms with Gasteiger partial charge in [-0.15, -0.1) is 0 Å². The van der Waals surface area contributed by atoms with Crippen LogP contribution in [0.3, 0.4) is 0 Å². The van der Waals surface area contributed by atoms with Crippen LogP contribution in [0.15, 0.2) is 18.2 Å². The Morgan fingerprint density at radius 2 is 1.92 bits per heavy atom. The summed E-state index contributed by atoms with van der Waals surface area (Å²) in [6.45, 7) is 3.16. The van der Waals surface area contributed by atoms with Gasteiger partial charge < -0.3 is 20.6 Å². The summed E-state index contributed by atoms with van der Waals surface area (Å²) >= 11 is 0. The first-order chi connectivity index (χ1) is 12.2. The zero-order valence-electron chi connectivity index (χ0n) is 15.1. The highest BCUT2D eigenvalue weighted by Gasteiger charge is 2.25. The molecule has 25 heavy (non-hydrogen) atoms. The number of nitrogens with zero attached hydrogens (tertiary/aromatic N) is 2. The number of aryl methyl sites for hydroxylation is 1. The van der Waals surface area contributed by atoms with Crippen molar-refractivity contribution in [1.82, 2.24) is 4.90 Å². The zero-order chi connectivity index (χ0) is 17.6. The van der Waals surface area contributed by atoms with E-state index in [1.54, 1.807) is 0 Å². The standard InChI is InChI=1S/C20H31N3O2/c21-18-15-16(6-8-19(18)22-11-3-4-12-22)7-9-20(25)23-13-2-1-5-17(23)10-14-24/h6,8,15,17,24H,1-5,7,9-14,21H2. The summed E-state index contributed by atoms with van der Waals surface area (Å²) < 4.78 is 0. The monoisotopic (exact) mass is 345 g/mol. The zero-order valence-corrected chi connectivity index (χ0v) is 15.1. The van der Waals surface area contributed by atoms with Gasteiger partial charge in [0, 0.05) is 38.7 Å². The summed E-state index contributed by atoms with van der Waals surface area (Å²) in [6.07, 6.45) is 7.66. The Hall–Kier alpha value is -1.75. The van der Waals surface area contributed by atoms with Gasteiger partial charge in [-0.25, -0.2) is 0 Å². The van der Waals surface area contributed by atoms with Crippen molar-refractivity contribution < 1.29 is 9.90 Å². The van der Waals surface area contributed by atoms with Gasteiger partial charge in [0.05, 0.1) is 11.4 Å². The Kier molecular flexibility index (Phi) is 6.19. The number of nitrogen functional groups attached to an aromatic ring is 1. The van der Waals surface area contributed by atoms with Crippen molar-refractivity contribution in [2.45, 2.75) is 57.4 Å². The number of benzene rings is 1. The predicted molar refractivity (Wildman–Crippen MR) is 102 cm³/mol. The molecule has 0 aromatic heterocycles. The van der Waals surface area contributed by atoms with E-state index in [0.717, 1.165) is 62.3 Å². The molecule has 138 valence electrons. The van der Waals surface area contributed by atoms with Crippen LogP contribution in [0.4, 0.5) is 11.4 Å². The van der Waals surface area contributed by atoms with Gasteiger partial charge >= 0.3 is 0 Å². The van der Waals surface area contributed by atoms with Gasteiger partial charge in [0.2, 0.25) is 5.91 Å². The SMILES string of the molecule is Nc1cc(CCC(=O)N2CCCCC2CCO)ccc1N1CCCC1. The lowest BCUT2D eigenvalue weighted by atomic mass is 9.98. The Bertz CT molecular complexity index is 582. The molecule has 0 aliphatic carbocycles. The summed E-state index contributed by atoms with van der Waals surface area (Å²) in [7, 11) is 0. The molecule has 1 aromatic rings. The lowest BCUT2D eigenvalue weighted by molar-refractivity contribution is -0.135. The van der Waals surface area contributed by atoms with Crippen LogP contribution in [0.5, 0.6) is 0 Å². The molecule has 0 spiro atoms. The number of carbonyl (C=O) groups excluding carboxylic acids is 1. The van der Waals surface area contributed by atoms with Crippen molar-refractivity contribution in [2.24, 2.45) is 0 Å². The number of nitrogens with two attached hydrogens (primary N) is 1. The van der Waals surface area contributed by atoms with Crippen LogP contribution in [0, 0.1) is 0 Å². The average molecular weight is 345 g/mol. The highest BCUT2D eigenvalue weighted by atomic mass is 16.3. The number of aliphatic hydroxyl groups excluding tert-OH is 1. The lowest BCUT2D eigenvalue weighted by Gasteiger charge is -2.35. The molecule has 0 bridgehead atoms. The van der Waals surface area contributed by atoms with Crippen molar-refractivity contribution in [3.8, 4) is 0 Å². The second-order valence-electron chi connectivity index (χ2n) is 7.34. The number of rotatable bonds is 6. The van der Waals surface area contributed by atoms with Crippen LogP contribution in [0.2, 0.25) is 0 Å². The molecule has 1 atom stereocenters. The molecular weight excluding hydrogens is 314 g/mol. The fraction of sp³-hybridized carbons (Fsp3) is 0.650. The molecule has 1 aromatic carbocycles. The Labute approximate surface area is 150 Å². The number of anilines is 2. The Morgan fingerprint density at radius 1 is 1.16 bits per heavy atom. The minimum atomic E-state index is 0.156. The van der Waals surface area contributed by atoms with Gasteiger partial charge in [-0.3, -0.25) is 4.79 Å². The van der Waals surface area contributed by atoms with Crippen LogP contribution in [-0.4, -0.2) is 48.2 Å². The highest BCUT2D eigenvalue weighted by molar-refractivity contribution is 5.77. The van der Waals surface area contributed by atoms with E-state index in [2.05, 4.69) is 17.0 Å². The molecule has 1 unspecified atom stereocenters. The number of carbonyl (C=O) groups is 1. The number of hydrogen-bond acceptors (Lipinski definition) is 4. The molecule has 2 aliphatic heterocycles. The van der Waals surface area contributed by atoms with Gasteiger partial charge in [-0.05, 0) is 62.6 Å². The van der Waals surface area contributed by atoms with E-state index in [1.165, 1.54) is 12.8 Å². The molecule has 5 nitrogen and oxygen atoms in total. The lowest BCUT2D eigenvalue weighted by Crippen LogP contribution is -2.44. The van der Waals surface area contributed by atoms with Gasteiger partial charge in [-0.1, -0.05) is 6.07 Å².